The van der Waals surface area contributed by atoms with E-state index < -0.39 is 43.3 Å². The molecule has 0 radical (unpaired) electrons. The highest BCUT2D eigenvalue weighted by Crippen LogP contribution is 2.21. The fourth-order valence-electron chi connectivity index (χ4n) is 1.61. The minimum atomic E-state index is -3.77. The van der Waals surface area contributed by atoms with Gasteiger partial charge < -0.3 is 10.4 Å². The monoisotopic (exact) mass is 330 g/mol. The summed E-state index contributed by atoms with van der Waals surface area (Å²) in [5, 5.41) is 21.9. The van der Waals surface area contributed by atoms with Gasteiger partial charge in [0.15, 0.2) is 9.84 Å². The first kappa shape index (κ1) is 17.6. The van der Waals surface area contributed by atoms with Gasteiger partial charge in [0.25, 0.3) is 11.6 Å². The number of sulfone groups is 1. The van der Waals surface area contributed by atoms with Crippen LogP contribution < -0.4 is 5.32 Å². The van der Waals surface area contributed by atoms with Crippen molar-refractivity contribution in [1.29, 1.82) is 0 Å². The summed E-state index contributed by atoms with van der Waals surface area (Å²) in [7, 11) is -3.77. The minimum Gasteiger partial charge on any atom is -0.480 e. The number of non-ortho nitro benzene ring substituents is 1. The molecule has 1 amide bonds. The lowest BCUT2D eigenvalue weighted by molar-refractivity contribution is -0.385. The number of nitrogens with zero attached hydrogens (tertiary/aromatic N) is 1. The van der Waals surface area contributed by atoms with E-state index in [0.717, 1.165) is 24.5 Å². The number of benzene rings is 1. The predicted octanol–water partition coefficient (Wildman–Crippen LogP) is 0.591. The number of carbonyl (C=O) groups excluding carboxylic acids is 1. The molecular formula is C12H14N2O7S. The highest BCUT2D eigenvalue weighted by atomic mass is 32.2. The highest BCUT2D eigenvalue weighted by Gasteiger charge is 2.22. The third kappa shape index (κ3) is 4.25. The maximum absolute atomic E-state index is 12.0. The largest absolute Gasteiger partial charge is 0.480 e. The van der Waals surface area contributed by atoms with E-state index in [4.69, 9.17) is 5.11 Å². The molecule has 1 aromatic carbocycles. The number of nitrogens with one attached hydrogen (secondary N) is 1. The van der Waals surface area contributed by atoms with Crippen LogP contribution in [0, 0.1) is 10.1 Å². The van der Waals surface area contributed by atoms with Gasteiger partial charge in [-0.3, -0.25) is 14.9 Å². The van der Waals surface area contributed by atoms with Crippen LogP contribution in [0.5, 0.6) is 0 Å². The van der Waals surface area contributed by atoms with Crippen LogP contribution in [-0.4, -0.2) is 42.6 Å². The van der Waals surface area contributed by atoms with Crippen molar-refractivity contribution in [1.82, 2.24) is 5.32 Å². The Morgan fingerprint density at radius 3 is 2.36 bits per heavy atom. The van der Waals surface area contributed by atoms with Gasteiger partial charge in [-0.1, -0.05) is 6.92 Å². The zero-order valence-electron chi connectivity index (χ0n) is 11.8. The Balaban J connectivity index is 3.29. The van der Waals surface area contributed by atoms with Crippen molar-refractivity contribution >= 4 is 27.4 Å². The number of rotatable bonds is 6. The van der Waals surface area contributed by atoms with Crippen LogP contribution in [0.2, 0.25) is 0 Å². The van der Waals surface area contributed by atoms with Crippen molar-refractivity contribution in [3.05, 3.63) is 33.9 Å². The number of nitro groups is 1. The SMILES string of the molecule is CCC(NC(=O)c1cc([N+](=O)[O-])cc(S(C)(=O)=O)c1)C(=O)O. The Hall–Kier alpha value is -2.49. The number of carboxylic acids is 1. The third-order valence-corrected chi connectivity index (χ3v) is 3.90. The molecule has 0 aromatic heterocycles. The Morgan fingerprint density at radius 2 is 1.95 bits per heavy atom. The summed E-state index contributed by atoms with van der Waals surface area (Å²) in [6.45, 7) is 1.54. The summed E-state index contributed by atoms with van der Waals surface area (Å²) in [4.78, 5) is 32.5. The number of hydrogen-bond donors (Lipinski definition) is 2. The van der Waals surface area contributed by atoms with Crippen LogP contribution in [0.1, 0.15) is 23.7 Å². The molecule has 0 saturated heterocycles. The fourth-order valence-corrected chi connectivity index (χ4v) is 2.29. The fraction of sp³-hybridized carbons (Fsp3) is 0.333. The normalized spacial score (nSPS) is 12.5. The van der Waals surface area contributed by atoms with E-state index in [1.807, 2.05) is 0 Å². The molecule has 0 heterocycles. The third-order valence-electron chi connectivity index (χ3n) is 2.80. The van der Waals surface area contributed by atoms with E-state index in [1.54, 1.807) is 0 Å². The van der Waals surface area contributed by atoms with E-state index in [0.29, 0.717) is 0 Å². The van der Waals surface area contributed by atoms with E-state index in [-0.39, 0.29) is 12.0 Å². The molecule has 0 bridgehead atoms. The molecule has 1 unspecified atom stereocenters. The molecule has 2 N–H and O–H groups in total. The average molecular weight is 330 g/mol. The second kappa shape index (κ2) is 6.52. The molecule has 22 heavy (non-hydrogen) atoms. The Bertz CT molecular complexity index is 727. The molecule has 0 fully saturated rings. The summed E-state index contributed by atoms with van der Waals surface area (Å²) in [5.41, 5.74) is -0.870. The van der Waals surface area contributed by atoms with Crippen molar-refractivity contribution in [2.45, 2.75) is 24.3 Å². The van der Waals surface area contributed by atoms with Crippen molar-refractivity contribution in [2.24, 2.45) is 0 Å². The summed E-state index contributed by atoms with van der Waals surface area (Å²) >= 11 is 0. The second-order valence-corrected chi connectivity index (χ2v) is 6.53. The van der Waals surface area contributed by atoms with Crippen LogP contribution in [0.3, 0.4) is 0 Å². The van der Waals surface area contributed by atoms with Crippen molar-refractivity contribution in [2.75, 3.05) is 6.26 Å². The van der Waals surface area contributed by atoms with E-state index >= 15 is 0 Å². The average Bonchev–Trinajstić information content (AvgIpc) is 2.42. The minimum absolute atomic E-state index is 0.106. The van der Waals surface area contributed by atoms with Gasteiger partial charge in [-0.2, -0.15) is 0 Å². The molecule has 0 aliphatic carbocycles. The first-order valence-electron chi connectivity index (χ1n) is 6.09. The van der Waals surface area contributed by atoms with Gasteiger partial charge in [-0.25, -0.2) is 13.2 Å². The molecule has 0 spiro atoms. The van der Waals surface area contributed by atoms with Gasteiger partial charge in [-0.15, -0.1) is 0 Å². The second-order valence-electron chi connectivity index (χ2n) is 4.52. The summed E-state index contributed by atoms with van der Waals surface area (Å²) in [6, 6.07) is 1.51. The van der Waals surface area contributed by atoms with Crippen LogP contribution in [-0.2, 0) is 14.6 Å². The molecule has 120 valence electrons. The van der Waals surface area contributed by atoms with E-state index in [9.17, 15) is 28.1 Å². The van der Waals surface area contributed by atoms with Gasteiger partial charge in [0.1, 0.15) is 6.04 Å². The standard InChI is InChI=1S/C12H14N2O7S/c1-3-10(12(16)17)13-11(15)7-4-8(14(18)19)6-9(5-7)22(2,20)21/h4-6,10H,3H2,1-2H3,(H,13,15)(H,16,17). The van der Waals surface area contributed by atoms with Gasteiger partial charge in [-0.05, 0) is 12.5 Å². The molecule has 0 saturated carbocycles. The van der Waals surface area contributed by atoms with Crippen molar-refractivity contribution in [3.8, 4) is 0 Å². The smallest absolute Gasteiger partial charge is 0.326 e. The lowest BCUT2D eigenvalue weighted by atomic mass is 10.1. The maximum Gasteiger partial charge on any atom is 0.326 e. The molecule has 1 rings (SSSR count). The molecule has 9 nitrogen and oxygen atoms in total. The number of nitro benzene ring substituents is 1. The van der Waals surface area contributed by atoms with Gasteiger partial charge in [0, 0.05) is 24.0 Å². The predicted molar refractivity (Wildman–Crippen MR) is 75.4 cm³/mol. The Morgan fingerprint density at radius 1 is 1.36 bits per heavy atom. The lowest BCUT2D eigenvalue weighted by Crippen LogP contribution is -2.40. The van der Waals surface area contributed by atoms with Crippen molar-refractivity contribution < 1.29 is 28.0 Å². The molecule has 1 atom stereocenters. The quantitative estimate of drug-likeness (QED) is 0.573. The number of aliphatic carboxylic acids is 1. The van der Waals surface area contributed by atoms with Gasteiger partial charge in [0.2, 0.25) is 0 Å². The first-order chi connectivity index (χ1) is 10.1. The highest BCUT2D eigenvalue weighted by molar-refractivity contribution is 7.90. The number of hydrogen-bond acceptors (Lipinski definition) is 6. The molecule has 0 aliphatic rings. The van der Waals surface area contributed by atoms with E-state index in [2.05, 4.69) is 5.32 Å². The van der Waals surface area contributed by atoms with Crippen LogP contribution in [0.25, 0.3) is 0 Å². The van der Waals surface area contributed by atoms with Crippen molar-refractivity contribution in [3.63, 3.8) is 0 Å². The number of carbonyl (C=O) groups is 2. The molecule has 10 heteroatoms. The first-order valence-corrected chi connectivity index (χ1v) is 7.98. The summed E-state index contributed by atoms with van der Waals surface area (Å²) < 4.78 is 23.0. The number of amides is 1. The molecule has 0 aliphatic heterocycles. The summed E-state index contributed by atoms with van der Waals surface area (Å²) in [5.74, 6) is -2.16. The summed E-state index contributed by atoms with van der Waals surface area (Å²) in [6.07, 6.45) is 0.953. The van der Waals surface area contributed by atoms with Crippen LogP contribution >= 0.6 is 0 Å². The topological polar surface area (TPSA) is 144 Å². The zero-order chi connectivity index (χ0) is 17.1. The Labute approximate surface area is 126 Å². The lowest BCUT2D eigenvalue weighted by Gasteiger charge is -2.12. The zero-order valence-corrected chi connectivity index (χ0v) is 12.6. The van der Waals surface area contributed by atoms with Gasteiger partial charge in [0.05, 0.1) is 9.82 Å². The Kier molecular flexibility index (Phi) is 5.20. The number of carboxylic acid groups (broad SMARTS) is 1. The van der Waals surface area contributed by atoms with Gasteiger partial charge >= 0.3 is 5.97 Å². The van der Waals surface area contributed by atoms with E-state index in [1.165, 1.54) is 6.92 Å². The maximum atomic E-state index is 12.0. The van der Waals surface area contributed by atoms with Crippen LogP contribution in [0.4, 0.5) is 5.69 Å². The molecule has 1 aromatic rings. The van der Waals surface area contributed by atoms with Crippen LogP contribution in [0.15, 0.2) is 23.1 Å². The molecular weight excluding hydrogens is 316 g/mol.